The minimum Gasteiger partial charge on any atom is -0.469 e. The molecule has 134 valence electrons. The summed E-state index contributed by atoms with van der Waals surface area (Å²) in [5, 5.41) is 12.6. The molecule has 0 fully saturated rings. The van der Waals surface area contributed by atoms with Crippen molar-refractivity contribution in [2.45, 2.75) is 26.1 Å². The molecule has 0 saturated carbocycles. The van der Waals surface area contributed by atoms with Gasteiger partial charge in [0.05, 0.1) is 6.04 Å². The van der Waals surface area contributed by atoms with Gasteiger partial charge in [0.1, 0.15) is 12.3 Å². The van der Waals surface area contributed by atoms with Crippen molar-refractivity contribution in [3.8, 4) is 5.88 Å². The van der Waals surface area contributed by atoms with Crippen molar-refractivity contribution >= 4 is 5.91 Å². The van der Waals surface area contributed by atoms with Gasteiger partial charge in [-0.3, -0.25) is 9.48 Å². The van der Waals surface area contributed by atoms with Gasteiger partial charge < -0.3 is 14.2 Å². The molecule has 4 heterocycles. The van der Waals surface area contributed by atoms with Crippen molar-refractivity contribution in [1.29, 1.82) is 0 Å². The second kappa shape index (κ2) is 6.58. The molecule has 9 nitrogen and oxygen atoms in total. The molecule has 0 spiro atoms. The van der Waals surface area contributed by atoms with Crippen LogP contribution in [0.5, 0.6) is 5.88 Å². The second-order valence-electron chi connectivity index (χ2n) is 6.10. The predicted molar refractivity (Wildman–Crippen MR) is 91.3 cm³/mol. The number of aromatic nitrogens is 6. The molecule has 0 radical (unpaired) electrons. The maximum atomic E-state index is 12.8. The van der Waals surface area contributed by atoms with E-state index in [1.54, 1.807) is 41.2 Å². The molecule has 9 heteroatoms. The molecule has 1 amide bonds. The molecule has 0 aromatic carbocycles. The number of carbonyl (C=O) groups excluding carboxylic acids is 1. The first kappa shape index (κ1) is 16.2. The highest BCUT2D eigenvalue weighted by Crippen LogP contribution is 2.26. The summed E-state index contributed by atoms with van der Waals surface area (Å²) in [4.78, 5) is 18.7. The van der Waals surface area contributed by atoms with Gasteiger partial charge in [0.25, 0.3) is 5.91 Å². The molecule has 1 aliphatic rings. The Kier molecular flexibility index (Phi) is 4.11. The van der Waals surface area contributed by atoms with Crippen molar-refractivity contribution in [1.82, 2.24) is 34.4 Å². The topological polar surface area (TPSA) is 91.0 Å². The lowest BCUT2D eigenvalue weighted by Gasteiger charge is -2.33. The fraction of sp³-hybridized carbons (Fsp3) is 0.353. The van der Waals surface area contributed by atoms with Crippen molar-refractivity contribution < 1.29 is 9.53 Å². The summed E-state index contributed by atoms with van der Waals surface area (Å²) >= 11 is 0. The van der Waals surface area contributed by atoms with Gasteiger partial charge in [0.2, 0.25) is 5.88 Å². The number of hydrogen-bond acceptors (Lipinski definition) is 6. The number of ether oxygens (including phenoxy) is 1. The maximum Gasteiger partial charge on any atom is 0.272 e. The van der Waals surface area contributed by atoms with Crippen LogP contribution in [0.2, 0.25) is 0 Å². The van der Waals surface area contributed by atoms with E-state index in [-0.39, 0.29) is 18.6 Å². The van der Waals surface area contributed by atoms with Gasteiger partial charge in [-0.05, 0) is 19.1 Å². The first-order valence-electron chi connectivity index (χ1n) is 8.40. The molecule has 0 saturated heterocycles. The molecule has 3 aromatic rings. The largest absolute Gasteiger partial charge is 0.469 e. The number of fused-ring (bicyclic) bond motifs is 1. The van der Waals surface area contributed by atoms with E-state index in [9.17, 15) is 4.79 Å². The number of carbonyl (C=O) groups is 1. The minimum absolute atomic E-state index is 0.0574. The lowest BCUT2D eigenvalue weighted by molar-refractivity contribution is 0.0623. The molecule has 0 bridgehead atoms. The Bertz CT molecular complexity index is 918. The Balaban J connectivity index is 1.51. The average Bonchev–Trinajstić information content (AvgIpc) is 3.27. The molecule has 1 atom stereocenters. The summed E-state index contributed by atoms with van der Waals surface area (Å²) in [6.07, 6.45) is 3.30. The van der Waals surface area contributed by atoms with Gasteiger partial charge in [-0.2, -0.15) is 5.10 Å². The van der Waals surface area contributed by atoms with Crippen molar-refractivity contribution in [2.75, 3.05) is 6.54 Å². The molecule has 0 unspecified atom stereocenters. The van der Waals surface area contributed by atoms with Crippen LogP contribution in [-0.2, 0) is 20.2 Å². The van der Waals surface area contributed by atoms with Crippen LogP contribution in [-0.4, -0.2) is 46.9 Å². The summed E-state index contributed by atoms with van der Waals surface area (Å²) in [7, 11) is 1.76. The smallest absolute Gasteiger partial charge is 0.272 e. The van der Waals surface area contributed by atoms with Crippen molar-refractivity contribution in [3.63, 3.8) is 0 Å². The van der Waals surface area contributed by atoms with E-state index in [2.05, 4.69) is 20.3 Å². The van der Waals surface area contributed by atoms with Gasteiger partial charge in [0.15, 0.2) is 11.6 Å². The van der Waals surface area contributed by atoms with Crippen LogP contribution >= 0.6 is 0 Å². The molecule has 4 rings (SSSR count). The Labute approximate surface area is 150 Å². The highest BCUT2D eigenvalue weighted by molar-refractivity contribution is 5.92. The van der Waals surface area contributed by atoms with E-state index in [0.29, 0.717) is 24.7 Å². The third-order valence-electron chi connectivity index (χ3n) is 4.55. The van der Waals surface area contributed by atoms with E-state index >= 15 is 0 Å². The SMILES string of the molecule is C[C@@H]1c2nnc(COc3ccccn3)n2CCN1C(=O)c1ccnn1C. The lowest BCUT2D eigenvalue weighted by Crippen LogP contribution is -2.42. The number of pyridine rings is 1. The van der Waals surface area contributed by atoms with E-state index in [0.717, 1.165) is 11.6 Å². The second-order valence-corrected chi connectivity index (χ2v) is 6.10. The van der Waals surface area contributed by atoms with E-state index in [4.69, 9.17) is 4.74 Å². The molecule has 3 aromatic heterocycles. The predicted octanol–water partition coefficient (Wildman–Crippen LogP) is 1.20. The molecule has 1 aliphatic heterocycles. The molecular formula is C17H19N7O2. The first-order chi connectivity index (χ1) is 12.6. The summed E-state index contributed by atoms with van der Waals surface area (Å²) in [5.74, 6) is 1.97. The molecular weight excluding hydrogens is 334 g/mol. The quantitative estimate of drug-likeness (QED) is 0.700. The lowest BCUT2D eigenvalue weighted by atomic mass is 10.2. The molecule has 26 heavy (non-hydrogen) atoms. The fourth-order valence-corrected chi connectivity index (χ4v) is 3.13. The van der Waals surface area contributed by atoms with E-state index < -0.39 is 0 Å². The van der Waals surface area contributed by atoms with E-state index in [1.165, 1.54) is 0 Å². The number of rotatable bonds is 4. The van der Waals surface area contributed by atoms with Gasteiger partial charge in [-0.25, -0.2) is 4.98 Å². The highest BCUT2D eigenvalue weighted by Gasteiger charge is 2.32. The maximum absolute atomic E-state index is 12.8. The summed E-state index contributed by atoms with van der Waals surface area (Å²) < 4.78 is 9.27. The van der Waals surface area contributed by atoms with Crippen molar-refractivity contribution in [2.24, 2.45) is 7.05 Å². The van der Waals surface area contributed by atoms with Crippen LogP contribution in [0.4, 0.5) is 0 Å². The van der Waals surface area contributed by atoms with Gasteiger partial charge in [-0.1, -0.05) is 6.07 Å². The van der Waals surface area contributed by atoms with Gasteiger partial charge in [0, 0.05) is 38.6 Å². The first-order valence-corrected chi connectivity index (χ1v) is 8.40. The molecule has 0 aliphatic carbocycles. The Hall–Kier alpha value is -3.23. The van der Waals surface area contributed by atoms with Crippen molar-refractivity contribution in [3.05, 3.63) is 54.0 Å². The summed E-state index contributed by atoms with van der Waals surface area (Å²) in [5.41, 5.74) is 0.559. The number of hydrogen-bond donors (Lipinski definition) is 0. The van der Waals surface area contributed by atoms with Crippen LogP contribution < -0.4 is 4.74 Å². The zero-order chi connectivity index (χ0) is 18.1. The summed E-state index contributed by atoms with van der Waals surface area (Å²) in [6.45, 7) is 3.44. The minimum atomic E-state index is -0.178. The molecule has 0 N–H and O–H groups in total. The third-order valence-corrected chi connectivity index (χ3v) is 4.55. The fourth-order valence-electron chi connectivity index (χ4n) is 3.13. The standard InChI is InChI=1S/C17H19N7O2/c1-12-16-21-20-14(11-26-15-5-3-4-7-18-15)24(16)10-9-23(12)17(25)13-6-8-19-22(13)2/h3-8,12H,9-11H2,1-2H3/t12-/m1/s1. The Morgan fingerprint density at radius 1 is 1.23 bits per heavy atom. The van der Waals surface area contributed by atoms with Crippen LogP contribution in [0.3, 0.4) is 0 Å². The third kappa shape index (κ3) is 2.81. The van der Waals surface area contributed by atoms with Crippen LogP contribution in [0.15, 0.2) is 36.7 Å². The Morgan fingerprint density at radius 3 is 2.85 bits per heavy atom. The van der Waals surface area contributed by atoms with E-state index in [1.807, 2.05) is 23.6 Å². The van der Waals surface area contributed by atoms with Crippen LogP contribution in [0, 0.1) is 0 Å². The number of nitrogens with zero attached hydrogens (tertiary/aromatic N) is 7. The zero-order valence-corrected chi connectivity index (χ0v) is 14.6. The highest BCUT2D eigenvalue weighted by atomic mass is 16.5. The summed E-state index contributed by atoms with van der Waals surface area (Å²) in [6, 6.07) is 7.04. The monoisotopic (exact) mass is 353 g/mol. The number of amides is 1. The van der Waals surface area contributed by atoms with Crippen LogP contribution in [0.25, 0.3) is 0 Å². The van der Waals surface area contributed by atoms with Gasteiger partial charge >= 0.3 is 0 Å². The normalized spacial score (nSPS) is 16.4. The zero-order valence-electron chi connectivity index (χ0n) is 14.6. The Morgan fingerprint density at radius 2 is 2.12 bits per heavy atom. The van der Waals surface area contributed by atoms with Crippen LogP contribution in [0.1, 0.15) is 35.1 Å². The average molecular weight is 353 g/mol. The number of aryl methyl sites for hydroxylation is 1. The van der Waals surface area contributed by atoms with Gasteiger partial charge in [-0.15, -0.1) is 10.2 Å².